The minimum Gasteiger partial charge on any atom is -0.396 e. The Bertz CT molecular complexity index is 682. The monoisotopic (exact) mass is 343 g/mol. The van der Waals surface area contributed by atoms with Crippen LogP contribution in [0.4, 0.5) is 26.0 Å². The van der Waals surface area contributed by atoms with Gasteiger partial charge in [0.15, 0.2) is 17.3 Å². The molecule has 0 saturated carbocycles. The first kappa shape index (κ1) is 12.9. The highest BCUT2D eigenvalue weighted by atomic mass is 79.9. The van der Waals surface area contributed by atoms with E-state index < -0.39 is 6.29 Å². The third kappa shape index (κ3) is 2.46. The SMILES string of the molecule is Nc1cc(Br)cnc1Nc1ccc2c(c1)OC(F)(F)O2. The number of pyridine rings is 1. The smallest absolute Gasteiger partial charge is 0.396 e. The molecule has 1 aromatic heterocycles. The number of aromatic nitrogens is 1. The lowest BCUT2D eigenvalue weighted by Gasteiger charge is -2.08. The molecule has 0 unspecified atom stereocenters. The van der Waals surface area contributed by atoms with Gasteiger partial charge in [0, 0.05) is 22.4 Å². The molecule has 3 N–H and O–H groups in total. The second-order valence-corrected chi connectivity index (χ2v) is 4.96. The molecule has 0 saturated heterocycles. The molecular weight excluding hydrogens is 336 g/mol. The predicted octanol–water partition coefficient (Wildman–Crippen LogP) is 3.49. The zero-order valence-corrected chi connectivity index (χ0v) is 11.4. The van der Waals surface area contributed by atoms with Gasteiger partial charge in [-0.25, -0.2) is 4.98 Å². The first-order chi connectivity index (χ1) is 9.43. The molecule has 2 aromatic rings. The zero-order valence-electron chi connectivity index (χ0n) is 9.86. The molecule has 5 nitrogen and oxygen atoms in total. The Balaban J connectivity index is 1.86. The summed E-state index contributed by atoms with van der Waals surface area (Å²) in [5.74, 6) is 0.354. The number of fused-ring (bicyclic) bond motifs is 1. The molecule has 20 heavy (non-hydrogen) atoms. The fourth-order valence-electron chi connectivity index (χ4n) is 1.72. The van der Waals surface area contributed by atoms with Crippen LogP contribution in [-0.2, 0) is 0 Å². The Hall–Kier alpha value is -2.09. The number of halogens is 3. The van der Waals surface area contributed by atoms with Crippen LogP contribution < -0.4 is 20.5 Å². The second kappa shape index (κ2) is 4.48. The van der Waals surface area contributed by atoms with E-state index in [0.29, 0.717) is 17.2 Å². The fraction of sp³-hybridized carbons (Fsp3) is 0.0833. The van der Waals surface area contributed by atoms with Crippen LogP contribution in [0, 0.1) is 0 Å². The highest BCUT2D eigenvalue weighted by molar-refractivity contribution is 9.10. The van der Waals surface area contributed by atoms with Gasteiger partial charge in [-0.05, 0) is 34.1 Å². The third-order valence-corrected chi connectivity index (χ3v) is 2.98. The van der Waals surface area contributed by atoms with Crippen molar-refractivity contribution in [2.75, 3.05) is 11.1 Å². The summed E-state index contributed by atoms with van der Waals surface area (Å²) in [6.45, 7) is 0. The maximum Gasteiger partial charge on any atom is 0.586 e. The number of alkyl halides is 2. The largest absolute Gasteiger partial charge is 0.586 e. The molecule has 0 bridgehead atoms. The molecule has 1 aromatic carbocycles. The lowest BCUT2D eigenvalue weighted by Crippen LogP contribution is -2.25. The van der Waals surface area contributed by atoms with Crippen LogP contribution in [0.3, 0.4) is 0 Å². The van der Waals surface area contributed by atoms with Crippen LogP contribution in [-0.4, -0.2) is 11.3 Å². The first-order valence-corrected chi connectivity index (χ1v) is 6.30. The van der Waals surface area contributed by atoms with E-state index in [0.717, 1.165) is 4.47 Å². The molecule has 2 heterocycles. The van der Waals surface area contributed by atoms with Gasteiger partial charge in [-0.15, -0.1) is 8.78 Å². The number of anilines is 3. The van der Waals surface area contributed by atoms with Gasteiger partial charge in [-0.2, -0.15) is 0 Å². The lowest BCUT2D eigenvalue weighted by molar-refractivity contribution is -0.286. The number of ether oxygens (including phenoxy) is 2. The summed E-state index contributed by atoms with van der Waals surface area (Å²) < 4.78 is 35.2. The van der Waals surface area contributed by atoms with Crippen LogP contribution in [0.5, 0.6) is 11.5 Å². The Morgan fingerprint density at radius 3 is 2.70 bits per heavy atom. The van der Waals surface area contributed by atoms with Crippen LogP contribution in [0.25, 0.3) is 0 Å². The van der Waals surface area contributed by atoms with Gasteiger partial charge in [-0.1, -0.05) is 0 Å². The lowest BCUT2D eigenvalue weighted by atomic mass is 10.2. The quantitative estimate of drug-likeness (QED) is 0.873. The minimum absolute atomic E-state index is 0.0164. The molecule has 0 fully saturated rings. The molecule has 0 spiro atoms. The molecule has 0 atom stereocenters. The van der Waals surface area contributed by atoms with Crippen LogP contribution in [0.15, 0.2) is 34.9 Å². The summed E-state index contributed by atoms with van der Waals surface area (Å²) in [7, 11) is 0. The van der Waals surface area contributed by atoms with Crippen molar-refractivity contribution in [1.29, 1.82) is 0 Å². The normalized spacial score (nSPS) is 15.2. The Morgan fingerprint density at radius 1 is 1.20 bits per heavy atom. The molecule has 0 amide bonds. The van der Waals surface area contributed by atoms with E-state index >= 15 is 0 Å². The van der Waals surface area contributed by atoms with Crippen molar-refractivity contribution in [2.45, 2.75) is 6.29 Å². The van der Waals surface area contributed by atoms with Gasteiger partial charge >= 0.3 is 6.29 Å². The number of nitrogen functional groups attached to an aromatic ring is 1. The summed E-state index contributed by atoms with van der Waals surface area (Å²) in [5, 5.41) is 2.92. The number of hydrogen-bond acceptors (Lipinski definition) is 5. The summed E-state index contributed by atoms with van der Waals surface area (Å²) in [5.41, 5.74) is 6.72. The van der Waals surface area contributed by atoms with Crippen molar-refractivity contribution in [3.8, 4) is 11.5 Å². The maximum atomic E-state index is 12.9. The average Bonchev–Trinajstić information content (AvgIpc) is 2.66. The van der Waals surface area contributed by atoms with E-state index in [1.54, 1.807) is 18.3 Å². The number of nitrogens with zero attached hydrogens (tertiary/aromatic N) is 1. The molecule has 1 aliphatic heterocycles. The highest BCUT2D eigenvalue weighted by Crippen LogP contribution is 2.42. The van der Waals surface area contributed by atoms with Crippen molar-refractivity contribution < 1.29 is 18.3 Å². The molecule has 0 radical (unpaired) electrons. The molecular formula is C12H8BrF2N3O2. The van der Waals surface area contributed by atoms with E-state index in [2.05, 4.69) is 35.7 Å². The van der Waals surface area contributed by atoms with E-state index in [1.165, 1.54) is 12.1 Å². The third-order valence-electron chi connectivity index (χ3n) is 2.55. The number of benzene rings is 1. The van der Waals surface area contributed by atoms with E-state index in [4.69, 9.17) is 5.73 Å². The van der Waals surface area contributed by atoms with Crippen LogP contribution >= 0.6 is 15.9 Å². The maximum absolute atomic E-state index is 12.9. The standard InChI is InChI=1S/C12H8BrF2N3O2/c13-6-3-8(16)11(17-5-6)18-7-1-2-9-10(4-7)20-12(14,15)19-9/h1-5H,16H2,(H,17,18). The number of hydrogen-bond donors (Lipinski definition) is 2. The van der Waals surface area contributed by atoms with E-state index in [-0.39, 0.29) is 11.5 Å². The summed E-state index contributed by atoms with van der Waals surface area (Å²) in [4.78, 5) is 4.09. The molecule has 1 aliphatic rings. The van der Waals surface area contributed by atoms with Crippen LogP contribution in [0.1, 0.15) is 0 Å². The Labute approximate surface area is 120 Å². The average molecular weight is 344 g/mol. The fourth-order valence-corrected chi connectivity index (χ4v) is 2.07. The summed E-state index contributed by atoms with van der Waals surface area (Å²) >= 11 is 3.24. The molecule has 0 aliphatic carbocycles. The topological polar surface area (TPSA) is 69.4 Å². The van der Waals surface area contributed by atoms with Gasteiger partial charge in [0.2, 0.25) is 0 Å². The van der Waals surface area contributed by atoms with Crippen molar-refractivity contribution >= 4 is 33.1 Å². The van der Waals surface area contributed by atoms with Crippen LogP contribution in [0.2, 0.25) is 0 Å². The van der Waals surface area contributed by atoms with Gasteiger partial charge in [0.05, 0.1) is 5.69 Å². The molecule has 8 heteroatoms. The van der Waals surface area contributed by atoms with Gasteiger partial charge in [0.1, 0.15) is 0 Å². The minimum atomic E-state index is -3.63. The van der Waals surface area contributed by atoms with Crippen molar-refractivity contribution in [3.05, 3.63) is 34.9 Å². The number of nitrogens with one attached hydrogen (secondary N) is 1. The summed E-state index contributed by atoms with van der Waals surface area (Å²) in [6, 6.07) is 6.01. The number of nitrogens with two attached hydrogens (primary N) is 1. The zero-order chi connectivity index (χ0) is 14.3. The molecule has 104 valence electrons. The Morgan fingerprint density at radius 2 is 1.95 bits per heavy atom. The highest BCUT2D eigenvalue weighted by Gasteiger charge is 2.43. The van der Waals surface area contributed by atoms with Crippen molar-refractivity contribution in [1.82, 2.24) is 4.98 Å². The van der Waals surface area contributed by atoms with Gasteiger partial charge < -0.3 is 20.5 Å². The Kier molecular flexibility index (Phi) is 2.89. The van der Waals surface area contributed by atoms with E-state index in [1.807, 2.05) is 0 Å². The second-order valence-electron chi connectivity index (χ2n) is 4.05. The van der Waals surface area contributed by atoms with Crippen molar-refractivity contribution in [2.24, 2.45) is 0 Å². The first-order valence-electron chi connectivity index (χ1n) is 5.51. The summed E-state index contributed by atoms with van der Waals surface area (Å²) in [6.07, 6.45) is -2.06. The predicted molar refractivity (Wildman–Crippen MR) is 72.3 cm³/mol. The molecule has 3 rings (SSSR count). The van der Waals surface area contributed by atoms with Crippen molar-refractivity contribution in [3.63, 3.8) is 0 Å². The van der Waals surface area contributed by atoms with Gasteiger partial charge in [0.25, 0.3) is 0 Å². The van der Waals surface area contributed by atoms with E-state index in [9.17, 15) is 8.78 Å². The number of rotatable bonds is 2. The van der Waals surface area contributed by atoms with Gasteiger partial charge in [-0.3, -0.25) is 0 Å².